The van der Waals surface area contributed by atoms with Gasteiger partial charge in [0.1, 0.15) is 0 Å². The minimum absolute atomic E-state index is 0.239. The van der Waals surface area contributed by atoms with E-state index in [-0.39, 0.29) is 6.54 Å². The van der Waals surface area contributed by atoms with Crippen molar-refractivity contribution < 1.29 is 9.59 Å². The smallest absolute Gasteiger partial charge is 0.329 e. The lowest BCUT2D eigenvalue weighted by molar-refractivity contribution is -0.139. The van der Waals surface area contributed by atoms with Gasteiger partial charge in [-0.05, 0) is 17.7 Å². The van der Waals surface area contributed by atoms with Gasteiger partial charge in [-0.25, -0.2) is 5.43 Å². The molecular formula is C12H12BrN3O2. The number of hydrogen-bond donors (Lipinski definition) is 2. The third-order valence-electron chi connectivity index (χ3n) is 1.86. The summed E-state index contributed by atoms with van der Waals surface area (Å²) in [5.41, 5.74) is 2.94. The fraction of sp³-hybridized carbons (Fsp3) is 0.0833. The van der Waals surface area contributed by atoms with Crippen molar-refractivity contribution in [3.8, 4) is 0 Å². The van der Waals surface area contributed by atoms with Crippen LogP contribution >= 0.6 is 15.9 Å². The lowest BCUT2D eigenvalue weighted by atomic mass is 10.2. The molecule has 0 bridgehead atoms. The Bertz CT molecular complexity index is 469. The fourth-order valence-corrected chi connectivity index (χ4v) is 1.27. The summed E-state index contributed by atoms with van der Waals surface area (Å²) in [4.78, 5) is 22.4. The van der Waals surface area contributed by atoms with Crippen molar-refractivity contribution in [1.82, 2.24) is 10.7 Å². The molecular weight excluding hydrogens is 298 g/mol. The SMILES string of the molecule is C=CCNC(=O)C(=O)N/N=C/c1ccc(Br)cc1. The summed E-state index contributed by atoms with van der Waals surface area (Å²) in [5.74, 6) is -1.56. The molecule has 0 unspecified atom stereocenters. The van der Waals surface area contributed by atoms with Crippen LogP contribution in [0.15, 0.2) is 46.5 Å². The third-order valence-corrected chi connectivity index (χ3v) is 2.39. The zero-order chi connectivity index (χ0) is 13.4. The Morgan fingerprint density at radius 2 is 1.94 bits per heavy atom. The molecule has 6 heteroatoms. The number of benzene rings is 1. The van der Waals surface area contributed by atoms with Gasteiger partial charge in [0.15, 0.2) is 0 Å². The minimum atomic E-state index is -0.815. The van der Waals surface area contributed by atoms with Crippen LogP contribution in [0.4, 0.5) is 0 Å². The Kier molecular flexibility index (Phi) is 5.79. The van der Waals surface area contributed by atoms with Crippen molar-refractivity contribution in [2.75, 3.05) is 6.54 Å². The van der Waals surface area contributed by atoms with Crippen molar-refractivity contribution in [1.29, 1.82) is 0 Å². The van der Waals surface area contributed by atoms with E-state index in [0.717, 1.165) is 10.0 Å². The van der Waals surface area contributed by atoms with Crippen LogP contribution < -0.4 is 10.7 Å². The Labute approximate surface area is 113 Å². The van der Waals surface area contributed by atoms with Crippen molar-refractivity contribution in [3.63, 3.8) is 0 Å². The molecule has 0 heterocycles. The molecule has 0 aliphatic carbocycles. The normalized spacial score (nSPS) is 10.1. The van der Waals surface area contributed by atoms with Gasteiger partial charge in [-0.3, -0.25) is 9.59 Å². The first-order chi connectivity index (χ1) is 8.63. The zero-order valence-electron chi connectivity index (χ0n) is 9.52. The van der Waals surface area contributed by atoms with Crippen LogP contribution in [-0.2, 0) is 9.59 Å². The van der Waals surface area contributed by atoms with Crippen LogP contribution in [0.2, 0.25) is 0 Å². The van der Waals surface area contributed by atoms with Crippen molar-refractivity contribution in [3.05, 3.63) is 47.0 Å². The monoisotopic (exact) mass is 309 g/mol. The summed E-state index contributed by atoms with van der Waals surface area (Å²) >= 11 is 3.30. The van der Waals surface area contributed by atoms with Gasteiger partial charge in [0, 0.05) is 11.0 Å². The number of carbonyl (C=O) groups excluding carboxylic acids is 2. The maximum absolute atomic E-state index is 11.2. The second-order valence-corrected chi connectivity index (χ2v) is 4.17. The van der Waals surface area contributed by atoms with E-state index in [4.69, 9.17) is 0 Å². The lowest BCUT2D eigenvalue weighted by Crippen LogP contribution is -2.37. The first-order valence-corrected chi connectivity index (χ1v) is 5.90. The number of rotatable bonds is 4. The van der Waals surface area contributed by atoms with Gasteiger partial charge in [0.05, 0.1) is 6.21 Å². The molecule has 2 amide bonds. The van der Waals surface area contributed by atoms with E-state index in [9.17, 15) is 9.59 Å². The maximum atomic E-state index is 11.2. The minimum Gasteiger partial charge on any atom is -0.344 e. The summed E-state index contributed by atoms with van der Waals surface area (Å²) in [6.45, 7) is 3.66. The second kappa shape index (κ2) is 7.39. The summed E-state index contributed by atoms with van der Waals surface area (Å²) in [6, 6.07) is 7.33. The predicted octanol–water partition coefficient (Wildman–Crippen LogP) is 1.20. The molecule has 2 N–H and O–H groups in total. The molecule has 1 aromatic carbocycles. The number of hydrazone groups is 1. The molecule has 1 rings (SSSR count). The van der Waals surface area contributed by atoms with Crippen LogP contribution in [0.1, 0.15) is 5.56 Å². The molecule has 0 fully saturated rings. The molecule has 18 heavy (non-hydrogen) atoms. The van der Waals surface area contributed by atoms with Gasteiger partial charge in [-0.1, -0.05) is 34.1 Å². The summed E-state index contributed by atoms with van der Waals surface area (Å²) in [7, 11) is 0. The van der Waals surface area contributed by atoms with Gasteiger partial charge in [0.25, 0.3) is 0 Å². The van der Waals surface area contributed by atoms with E-state index in [1.54, 1.807) is 0 Å². The topological polar surface area (TPSA) is 70.6 Å². The van der Waals surface area contributed by atoms with Gasteiger partial charge < -0.3 is 5.32 Å². The summed E-state index contributed by atoms with van der Waals surface area (Å²) in [5, 5.41) is 6.01. The van der Waals surface area contributed by atoms with Gasteiger partial charge >= 0.3 is 11.8 Å². The van der Waals surface area contributed by atoms with Crippen molar-refractivity contribution in [2.24, 2.45) is 5.10 Å². The van der Waals surface area contributed by atoms with Gasteiger partial charge in [-0.2, -0.15) is 5.10 Å². The highest BCUT2D eigenvalue weighted by molar-refractivity contribution is 9.10. The molecule has 0 saturated carbocycles. The Balaban J connectivity index is 2.44. The molecule has 0 radical (unpaired) electrons. The van der Waals surface area contributed by atoms with E-state index in [1.165, 1.54) is 12.3 Å². The Hall–Kier alpha value is -1.95. The summed E-state index contributed by atoms with van der Waals surface area (Å²) < 4.78 is 0.951. The lowest BCUT2D eigenvalue weighted by Gasteiger charge is -1.99. The first kappa shape index (κ1) is 14.1. The highest BCUT2D eigenvalue weighted by atomic mass is 79.9. The molecule has 0 spiro atoms. The standard InChI is InChI=1S/C12H12BrN3O2/c1-2-7-14-11(17)12(18)16-15-8-9-3-5-10(13)6-4-9/h2-6,8H,1,7H2,(H,14,17)(H,16,18)/b15-8+. The van der Waals surface area contributed by atoms with Crippen molar-refractivity contribution in [2.45, 2.75) is 0 Å². The van der Waals surface area contributed by atoms with Crippen LogP contribution in [0.3, 0.4) is 0 Å². The molecule has 0 saturated heterocycles. The number of nitrogens with one attached hydrogen (secondary N) is 2. The third kappa shape index (κ3) is 4.92. The van der Waals surface area contributed by atoms with E-state index < -0.39 is 11.8 Å². The summed E-state index contributed by atoms with van der Waals surface area (Å²) in [6.07, 6.45) is 2.93. The van der Waals surface area contributed by atoms with Gasteiger partial charge in [-0.15, -0.1) is 6.58 Å². The highest BCUT2D eigenvalue weighted by Crippen LogP contribution is 2.08. The quantitative estimate of drug-likeness (QED) is 0.380. The molecule has 5 nitrogen and oxygen atoms in total. The van der Waals surface area contributed by atoms with E-state index in [1.807, 2.05) is 24.3 Å². The Morgan fingerprint density at radius 3 is 2.56 bits per heavy atom. The molecule has 0 aromatic heterocycles. The molecule has 1 aromatic rings. The average Bonchev–Trinajstić information content (AvgIpc) is 2.38. The highest BCUT2D eigenvalue weighted by Gasteiger charge is 2.10. The number of nitrogens with zero attached hydrogens (tertiary/aromatic N) is 1. The van der Waals surface area contributed by atoms with Crippen LogP contribution in [-0.4, -0.2) is 24.6 Å². The Morgan fingerprint density at radius 1 is 1.28 bits per heavy atom. The average molecular weight is 310 g/mol. The van der Waals surface area contributed by atoms with Crippen LogP contribution in [0.25, 0.3) is 0 Å². The van der Waals surface area contributed by atoms with E-state index >= 15 is 0 Å². The first-order valence-electron chi connectivity index (χ1n) is 5.11. The number of hydrogen-bond acceptors (Lipinski definition) is 3. The second-order valence-electron chi connectivity index (χ2n) is 3.25. The largest absolute Gasteiger partial charge is 0.344 e. The van der Waals surface area contributed by atoms with Crippen LogP contribution in [0.5, 0.6) is 0 Å². The molecule has 0 atom stereocenters. The van der Waals surface area contributed by atoms with E-state index in [0.29, 0.717) is 0 Å². The molecule has 0 aliphatic heterocycles. The molecule has 94 valence electrons. The number of carbonyl (C=O) groups is 2. The van der Waals surface area contributed by atoms with Crippen LogP contribution in [0, 0.1) is 0 Å². The fourth-order valence-electron chi connectivity index (χ4n) is 1.01. The number of halogens is 1. The van der Waals surface area contributed by atoms with Crippen molar-refractivity contribution >= 4 is 34.0 Å². The molecule has 0 aliphatic rings. The van der Waals surface area contributed by atoms with Gasteiger partial charge in [0.2, 0.25) is 0 Å². The predicted molar refractivity (Wildman–Crippen MR) is 73.1 cm³/mol. The zero-order valence-corrected chi connectivity index (χ0v) is 11.1. The van der Waals surface area contributed by atoms with E-state index in [2.05, 4.69) is 38.4 Å². The maximum Gasteiger partial charge on any atom is 0.329 e. The number of amides is 2.